The second kappa shape index (κ2) is 3.41. The highest BCUT2D eigenvalue weighted by Crippen LogP contribution is 2.25. The molecule has 4 aromatic rings. The molecule has 0 aliphatic carbocycles. The maximum Gasteiger partial charge on any atom is 0.234 e. The van der Waals surface area contributed by atoms with Gasteiger partial charge in [-0.15, -0.1) is 0 Å². The highest BCUT2D eigenvalue weighted by atomic mass is 16.5. The van der Waals surface area contributed by atoms with Crippen LogP contribution in [0.1, 0.15) is 0 Å². The summed E-state index contributed by atoms with van der Waals surface area (Å²) >= 11 is 0. The molecule has 0 aliphatic rings. The number of aromatic nitrogens is 3. The Morgan fingerprint density at radius 1 is 1.11 bits per heavy atom. The lowest BCUT2D eigenvalue weighted by atomic mass is 10.1. The normalized spacial score (nSPS) is 11.6. The summed E-state index contributed by atoms with van der Waals surface area (Å²) in [6.45, 7) is 0. The van der Waals surface area contributed by atoms with E-state index in [2.05, 4.69) is 9.97 Å². The molecule has 0 amide bonds. The number of rotatable bonds is 1. The molecule has 3 heterocycles. The molecule has 0 saturated heterocycles. The molecule has 0 fully saturated rings. The minimum atomic E-state index is -0.0180. The van der Waals surface area contributed by atoms with Crippen molar-refractivity contribution in [2.24, 2.45) is 0 Å². The third-order valence-electron chi connectivity index (χ3n) is 3.39. The zero-order chi connectivity index (χ0) is 13.0. The Bertz CT molecular complexity index is 975. The number of pyridine rings is 1. The number of imidazole rings is 1. The maximum atomic E-state index is 12.5. The Kier molecular flexibility index (Phi) is 1.84. The lowest BCUT2D eigenvalue weighted by Crippen LogP contribution is -2.08. The number of methoxy groups -OCH3 is 1. The predicted molar refractivity (Wildman–Crippen MR) is 72.0 cm³/mol. The smallest absolute Gasteiger partial charge is 0.234 e. The van der Waals surface area contributed by atoms with E-state index in [9.17, 15) is 4.79 Å². The summed E-state index contributed by atoms with van der Waals surface area (Å²) < 4.78 is 7.00. The Morgan fingerprint density at radius 2 is 2.00 bits per heavy atom. The third-order valence-corrected chi connectivity index (χ3v) is 3.39. The molecule has 92 valence electrons. The summed E-state index contributed by atoms with van der Waals surface area (Å²) in [6.07, 6.45) is 3.34. The van der Waals surface area contributed by atoms with E-state index in [1.54, 1.807) is 42.1 Å². The lowest BCUT2D eigenvalue weighted by molar-refractivity contribution is 0.415. The van der Waals surface area contributed by atoms with Gasteiger partial charge in [0, 0.05) is 17.0 Å². The molecule has 0 saturated carbocycles. The van der Waals surface area contributed by atoms with Gasteiger partial charge >= 0.3 is 0 Å². The number of benzene rings is 1. The summed E-state index contributed by atoms with van der Waals surface area (Å²) in [5.41, 5.74) is 1.44. The highest BCUT2D eigenvalue weighted by Gasteiger charge is 2.13. The Labute approximate surface area is 107 Å². The highest BCUT2D eigenvalue weighted by molar-refractivity contribution is 6.00. The molecule has 0 atom stereocenters. The van der Waals surface area contributed by atoms with Crippen molar-refractivity contribution >= 4 is 27.6 Å². The summed E-state index contributed by atoms with van der Waals surface area (Å²) in [7, 11) is 1.61. The number of hydrogen-bond acceptors (Lipinski definition) is 4. The number of ether oxygens (including phenoxy) is 1. The maximum absolute atomic E-state index is 12.5. The van der Waals surface area contributed by atoms with Crippen LogP contribution in [0.2, 0.25) is 0 Å². The van der Waals surface area contributed by atoms with Gasteiger partial charge in [0.05, 0.1) is 24.3 Å². The molecule has 4 rings (SSSR count). The predicted octanol–water partition coefficient (Wildman–Crippen LogP) is 1.84. The van der Waals surface area contributed by atoms with Crippen molar-refractivity contribution in [3.05, 3.63) is 46.9 Å². The largest absolute Gasteiger partial charge is 0.497 e. The molecule has 0 N–H and O–H groups in total. The monoisotopic (exact) mass is 251 g/mol. The standard InChI is InChI=1S/C14H9N3O2/c1-19-8-2-3-9-10(6-8)12-7-16-14-15-5-4-11(13(9)18)17(12)14/h2-7H,1H3. The van der Waals surface area contributed by atoms with Crippen LogP contribution in [-0.4, -0.2) is 21.5 Å². The van der Waals surface area contributed by atoms with Gasteiger partial charge in [-0.3, -0.25) is 9.20 Å². The van der Waals surface area contributed by atoms with E-state index in [0.29, 0.717) is 22.4 Å². The number of hydrogen-bond donors (Lipinski definition) is 0. The summed E-state index contributed by atoms with van der Waals surface area (Å²) in [6, 6.07) is 7.15. The zero-order valence-corrected chi connectivity index (χ0v) is 10.1. The van der Waals surface area contributed by atoms with Crippen molar-refractivity contribution in [3.63, 3.8) is 0 Å². The van der Waals surface area contributed by atoms with Gasteiger partial charge < -0.3 is 4.74 Å². The quantitative estimate of drug-likeness (QED) is 0.484. The van der Waals surface area contributed by atoms with Crippen molar-refractivity contribution < 1.29 is 4.74 Å². The molecule has 0 spiro atoms. The first-order valence-electron chi connectivity index (χ1n) is 5.85. The molecule has 5 heteroatoms. The van der Waals surface area contributed by atoms with Crippen LogP contribution < -0.4 is 10.2 Å². The molecular weight excluding hydrogens is 242 g/mol. The average Bonchev–Trinajstić information content (AvgIpc) is 2.89. The first kappa shape index (κ1) is 10.3. The van der Waals surface area contributed by atoms with Gasteiger partial charge in [-0.1, -0.05) is 0 Å². The molecule has 1 aromatic carbocycles. The van der Waals surface area contributed by atoms with E-state index in [0.717, 1.165) is 10.9 Å². The van der Waals surface area contributed by atoms with Crippen LogP contribution in [0.25, 0.3) is 27.6 Å². The SMILES string of the molecule is COc1ccc2c(=O)c3ccnc4ncc(c2c1)n43. The minimum Gasteiger partial charge on any atom is -0.497 e. The number of nitrogens with zero attached hydrogens (tertiary/aromatic N) is 3. The van der Waals surface area contributed by atoms with Crippen molar-refractivity contribution in [2.75, 3.05) is 7.11 Å². The zero-order valence-electron chi connectivity index (χ0n) is 10.1. The van der Waals surface area contributed by atoms with E-state index >= 15 is 0 Å². The fourth-order valence-corrected chi connectivity index (χ4v) is 2.49. The summed E-state index contributed by atoms with van der Waals surface area (Å²) in [4.78, 5) is 20.9. The fourth-order valence-electron chi connectivity index (χ4n) is 2.49. The molecular formula is C14H9N3O2. The first-order valence-corrected chi connectivity index (χ1v) is 5.85. The van der Waals surface area contributed by atoms with E-state index < -0.39 is 0 Å². The van der Waals surface area contributed by atoms with Crippen LogP contribution >= 0.6 is 0 Å². The molecule has 3 aromatic heterocycles. The van der Waals surface area contributed by atoms with E-state index in [1.165, 1.54) is 0 Å². The van der Waals surface area contributed by atoms with Gasteiger partial charge in [0.15, 0.2) is 0 Å². The molecule has 0 radical (unpaired) electrons. The Hall–Kier alpha value is -2.69. The van der Waals surface area contributed by atoms with Gasteiger partial charge in [0.2, 0.25) is 11.2 Å². The van der Waals surface area contributed by atoms with Crippen molar-refractivity contribution in [1.82, 2.24) is 14.4 Å². The molecule has 5 nitrogen and oxygen atoms in total. The van der Waals surface area contributed by atoms with Gasteiger partial charge in [-0.05, 0) is 24.3 Å². The van der Waals surface area contributed by atoms with Gasteiger partial charge in [0.25, 0.3) is 0 Å². The third kappa shape index (κ3) is 1.21. The van der Waals surface area contributed by atoms with Crippen molar-refractivity contribution in [1.29, 1.82) is 0 Å². The van der Waals surface area contributed by atoms with Gasteiger partial charge in [-0.25, -0.2) is 9.97 Å². The van der Waals surface area contributed by atoms with Crippen LogP contribution in [0.3, 0.4) is 0 Å². The van der Waals surface area contributed by atoms with Crippen LogP contribution in [0.5, 0.6) is 5.75 Å². The first-order chi connectivity index (χ1) is 9.29. The van der Waals surface area contributed by atoms with Crippen molar-refractivity contribution in [2.45, 2.75) is 0 Å². The second-order valence-electron chi connectivity index (χ2n) is 4.35. The van der Waals surface area contributed by atoms with Gasteiger partial charge in [0.1, 0.15) is 5.75 Å². The van der Waals surface area contributed by atoms with Crippen LogP contribution in [0.4, 0.5) is 0 Å². The molecule has 0 aliphatic heterocycles. The minimum absolute atomic E-state index is 0.0180. The van der Waals surface area contributed by atoms with Crippen LogP contribution in [-0.2, 0) is 0 Å². The topological polar surface area (TPSA) is 56.5 Å². The van der Waals surface area contributed by atoms with E-state index in [-0.39, 0.29) is 5.43 Å². The fraction of sp³-hybridized carbons (Fsp3) is 0.0714. The Morgan fingerprint density at radius 3 is 2.84 bits per heavy atom. The number of fused-ring (bicyclic) bond motifs is 2. The van der Waals surface area contributed by atoms with Crippen molar-refractivity contribution in [3.8, 4) is 5.75 Å². The summed E-state index contributed by atoms with van der Waals surface area (Å²) in [5.74, 6) is 1.25. The van der Waals surface area contributed by atoms with Crippen LogP contribution in [0.15, 0.2) is 41.5 Å². The molecule has 0 bridgehead atoms. The van der Waals surface area contributed by atoms with E-state index in [1.807, 2.05) is 6.07 Å². The average molecular weight is 251 g/mol. The molecule has 19 heavy (non-hydrogen) atoms. The van der Waals surface area contributed by atoms with Crippen LogP contribution in [0, 0.1) is 0 Å². The lowest BCUT2D eigenvalue weighted by Gasteiger charge is -2.06. The Balaban J connectivity index is 2.38. The second-order valence-corrected chi connectivity index (χ2v) is 4.35. The molecule has 0 unspecified atom stereocenters. The van der Waals surface area contributed by atoms with Gasteiger partial charge in [-0.2, -0.15) is 0 Å². The summed E-state index contributed by atoms with van der Waals surface area (Å²) in [5, 5.41) is 1.50. The van der Waals surface area contributed by atoms with E-state index in [4.69, 9.17) is 4.74 Å².